The highest BCUT2D eigenvalue weighted by Crippen LogP contribution is 2.28. The van der Waals surface area contributed by atoms with Crippen LogP contribution < -0.4 is 4.72 Å². The zero-order valence-corrected chi connectivity index (χ0v) is 12.6. The lowest BCUT2D eigenvalue weighted by atomic mass is 10.1. The van der Waals surface area contributed by atoms with E-state index in [1.54, 1.807) is 0 Å². The third-order valence-electron chi connectivity index (χ3n) is 3.56. The fourth-order valence-corrected chi connectivity index (χ4v) is 3.93. The molecule has 7 nitrogen and oxygen atoms in total. The number of aliphatic hydroxyl groups excluding tert-OH is 1. The molecule has 1 fully saturated rings. The fourth-order valence-electron chi connectivity index (χ4n) is 2.40. The van der Waals surface area contributed by atoms with E-state index in [9.17, 15) is 23.6 Å². The summed E-state index contributed by atoms with van der Waals surface area (Å²) in [5.74, 6) is -0.169. The van der Waals surface area contributed by atoms with Crippen molar-refractivity contribution in [3.8, 4) is 0 Å². The van der Waals surface area contributed by atoms with Crippen LogP contribution in [0, 0.1) is 16.0 Å². The van der Waals surface area contributed by atoms with Crippen LogP contribution in [-0.2, 0) is 10.0 Å². The minimum Gasteiger partial charge on any atom is -0.393 e. The van der Waals surface area contributed by atoms with Gasteiger partial charge in [-0.2, -0.15) is 0 Å². The first kappa shape index (κ1) is 16.2. The molecule has 0 aliphatic heterocycles. The van der Waals surface area contributed by atoms with Crippen LogP contribution in [0.4, 0.5) is 5.69 Å². The zero-order chi connectivity index (χ0) is 15.6. The Bertz CT molecular complexity index is 649. The maximum Gasteiger partial charge on any atom is 0.289 e. The number of hydrogen-bond acceptors (Lipinski definition) is 5. The molecule has 0 radical (unpaired) electrons. The van der Waals surface area contributed by atoms with Crippen LogP contribution in [0.15, 0.2) is 23.1 Å². The van der Waals surface area contributed by atoms with Crippen LogP contribution in [0.1, 0.15) is 19.3 Å². The molecule has 1 saturated carbocycles. The van der Waals surface area contributed by atoms with E-state index in [4.69, 9.17) is 11.6 Å². The predicted molar refractivity (Wildman–Crippen MR) is 76.6 cm³/mol. The fraction of sp³-hybridized carbons (Fsp3) is 0.500. The summed E-state index contributed by atoms with van der Waals surface area (Å²) in [6.07, 6.45) is 1.66. The Kier molecular flexibility index (Phi) is 4.82. The van der Waals surface area contributed by atoms with Crippen molar-refractivity contribution in [2.24, 2.45) is 5.92 Å². The second-order valence-corrected chi connectivity index (χ2v) is 7.15. The molecule has 0 aromatic heterocycles. The molecule has 2 unspecified atom stereocenters. The maximum atomic E-state index is 12.2. The van der Waals surface area contributed by atoms with Gasteiger partial charge in [-0.15, -0.1) is 0 Å². The number of aliphatic hydroxyl groups is 1. The van der Waals surface area contributed by atoms with E-state index in [2.05, 4.69) is 4.72 Å². The van der Waals surface area contributed by atoms with E-state index in [-0.39, 0.29) is 17.5 Å². The van der Waals surface area contributed by atoms with Crippen LogP contribution >= 0.6 is 11.6 Å². The zero-order valence-electron chi connectivity index (χ0n) is 11.0. The number of nitrogens with one attached hydrogen (secondary N) is 1. The summed E-state index contributed by atoms with van der Waals surface area (Å²) in [6.45, 7) is 0.0488. The van der Waals surface area contributed by atoms with E-state index < -0.39 is 31.6 Å². The standard InChI is InChI=1S/C12H15ClN2O5S/c13-9-4-5-10(15(17)18)12(6-9)21(19,20)14-7-8-2-1-3-11(8)16/h4-6,8,11,14,16H,1-3,7H2. The molecule has 2 N–H and O–H groups in total. The number of rotatable bonds is 5. The number of sulfonamides is 1. The smallest absolute Gasteiger partial charge is 0.289 e. The van der Waals surface area contributed by atoms with Crippen molar-refractivity contribution in [2.75, 3.05) is 6.54 Å². The van der Waals surface area contributed by atoms with Crippen molar-refractivity contribution in [3.05, 3.63) is 33.3 Å². The molecule has 1 aliphatic rings. The lowest BCUT2D eigenvalue weighted by Gasteiger charge is -2.15. The van der Waals surface area contributed by atoms with Crippen molar-refractivity contribution in [2.45, 2.75) is 30.3 Å². The van der Waals surface area contributed by atoms with E-state index >= 15 is 0 Å². The molecule has 2 atom stereocenters. The van der Waals surface area contributed by atoms with Crippen molar-refractivity contribution in [1.82, 2.24) is 4.72 Å². The van der Waals surface area contributed by atoms with Crippen LogP contribution in [0.25, 0.3) is 0 Å². The van der Waals surface area contributed by atoms with Crippen molar-refractivity contribution < 1.29 is 18.4 Å². The molecule has 21 heavy (non-hydrogen) atoms. The average Bonchev–Trinajstić information content (AvgIpc) is 2.81. The molecular weight excluding hydrogens is 320 g/mol. The van der Waals surface area contributed by atoms with Gasteiger partial charge in [0.1, 0.15) is 0 Å². The minimum atomic E-state index is -4.06. The molecule has 1 aromatic carbocycles. The largest absolute Gasteiger partial charge is 0.393 e. The maximum absolute atomic E-state index is 12.2. The van der Waals surface area contributed by atoms with Gasteiger partial charge < -0.3 is 5.11 Å². The second kappa shape index (κ2) is 6.27. The Morgan fingerprint density at radius 3 is 2.71 bits per heavy atom. The monoisotopic (exact) mass is 334 g/mol. The van der Waals surface area contributed by atoms with Gasteiger partial charge in [-0.3, -0.25) is 10.1 Å². The van der Waals surface area contributed by atoms with Gasteiger partial charge in [-0.05, 0) is 30.9 Å². The first-order chi connectivity index (χ1) is 9.81. The summed E-state index contributed by atoms with van der Waals surface area (Å²) in [5, 5.41) is 20.7. The van der Waals surface area contributed by atoms with E-state index in [0.29, 0.717) is 6.42 Å². The van der Waals surface area contributed by atoms with Gasteiger partial charge >= 0.3 is 0 Å². The van der Waals surface area contributed by atoms with Gasteiger partial charge in [0.15, 0.2) is 4.90 Å². The number of benzene rings is 1. The van der Waals surface area contributed by atoms with E-state index in [0.717, 1.165) is 25.0 Å². The van der Waals surface area contributed by atoms with Gasteiger partial charge in [0.2, 0.25) is 10.0 Å². The van der Waals surface area contributed by atoms with Gasteiger partial charge in [0.05, 0.1) is 11.0 Å². The summed E-state index contributed by atoms with van der Waals surface area (Å²) in [7, 11) is -4.06. The van der Waals surface area contributed by atoms with Crippen LogP contribution in [-0.4, -0.2) is 31.1 Å². The van der Waals surface area contributed by atoms with E-state index in [1.165, 1.54) is 6.07 Å². The predicted octanol–water partition coefficient (Wildman–Crippen LogP) is 1.69. The minimum absolute atomic E-state index is 0.0488. The lowest BCUT2D eigenvalue weighted by molar-refractivity contribution is -0.387. The highest BCUT2D eigenvalue weighted by Gasteiger charge is 2.30. The number of nitro groups is 1. The van der Waals surface area contributed by atoms with Crippen molar-refractivity contribution in [3.63, 3.8) is 0 Å². The Balaban J connectivity index is 2.23. The lowest BCUT2D eigenvalue weighted by Crippen LogP contribution is -2.32. The SMILES string of the molecule is O=[N+]([O-])c1ccc(Cl)cc1S(=O)(=O)NCC1CCCC1O. The summed E-state index contributed by atoms with van der Waals surface area (Å²) in [6, 6.07) is 3.37. The van der Waals surface area contributed by atoms with E-state index in [1.807, 2.05) is 0 Å². The first-order valence-corrected chi connectivity index (χ1v) is 8.29. The average molecular weight is 335 g/mol. The molecule has 0 heterocycles. The Morgan fingerprint density at radius 1 is 1.43 bits per heavy atom. The summed E-state index contributed by atoms with van der Waals surface area (Å²) < 4.78 is 26.8. The van der Waals surface area contributed by atoms with Crippen molar-refractivity contribution >= 4 is 27.3 Å². The van der Waals surface area contributed by atoms with Crippen molar-refractivity contribution in [1.29, 1.82) is 0 Å². The Hall–Kier alpha value is -1.22. The molecule has 9 heteroatoms. The molecule has 0 spiro atoms. The Morgan fingerprint density at radius 2 is 2.14 bits per heavy atom. The number of nitro benzene ring substituents is 1. The number of nitrogens with zero attached hydrogens (tertiary/aromatic N) is 1. The summed E-state index contributed by atoms with van der Waals surface area (Å²) >= 11 is 5.72. The molecule has 0 saturated heterocycles. The highest BCUT2D eigenvalue weighted by atomic mass is 35.5. The highest BCUT2D eigenvalue weighted by molar-refractivity contribution is 7.89. The molecular formula is C12H15ClN2O5S. The quantitative estimate of drug-likeness (QED) is 0.629. The molecule has 2 rings (SSSR count). The third-order valence-corrected chi connectivity index (χ3v) is 5.25. The van der Waals surface area contributed by atoms with Gasteiger partial charge in [-0.1, -0.05) is 18.0 Å². The topological polar surface area (TPSA) is 110 Å². The van der Waals surface area contributed by atoms with Crippen LogP contribution in [0.3, 0.4) is 0 Å². The molecule has 116 valence electrons. The molecule has 0 amide bonds. The van der Waals surface area contributed by atoms with Gasteiger partial charge in [-0.25, -0.2) is 13.1 Å². The summed E-state index contributed by atoms with van der Waals surface area (Å²) in [4.78, 5) is 9.69. The third kappa shape index (κ3) is 3.70. The second-order valence-electron chi connectivity index (χ2n) is 4.98. The number of halogens is 1. The van der Waals surface area contributed by atoms with Gasteiger partial charge in [0, 0.05) is 17.6 Å². The molecule has 0 bridgehead atoms. The normalized spacial score (nSPS) is 22.4. The number of hydrogen-bond donors (Lipinski definition) is 2. The molecule has 1 aliphatic carbocycles. The first-order valence-electron chi connectivity index (χ1n) is 6.43. The van der Waals surface area contributed by atoms with Gasteiger partial charge in [0.25, 0.3) is 5.69 Å². The molecule has 1 aromatic rings. The van der Waals surface area contributed by atoms with Crippen LogP contribution in [0.2, 0.25) is 5.02 Å². The van der Waals surface area contributed by atoms with Crippen LogP contribution in [0.5, 0.6) is 0 Å². The Labute approximate surface area is 127 Å². The summed E-state index contributed by atoms with van der Waals surface area (Å²) in [5.41, 5.74) is -0.529.